The quantitative estimate of drug-likeness (QED) is 0.880. The van der Waals surface area contributed by atoms with Crippen molar-refractivity contribution in [3.63, 3.8) is 0 Å². The number of pyridine rings is 1. The van der Waals surface area contributed by atoms with Gasteiger partial charge in [0.1, 0.15) is 0 Å². The zero-order valence-corrected chi connectivity index (χ0v) is 12.8. The third-order valence-electron chi connectivity index (χ3n) is 4.79. The average molecular weight is 309 g/mol. The summed E-state index contributed by atoms with van der Waals surface area (Å²) >= 11 is 0. The molecule has 1 saturated heterocycles. The topological polar surface area (TPSA) is 54.3 Å². The molecule has 2 aromatic rings. The number of piperidine rings is 1. The van der Waals surface area contributed by atoms with Gasteiger partial charge < -0.3 is 14.8 Å². The monoisotopic (exact) mass is 309 g/mol. The van der Waals surface area contributed by atoms with Crippen LogP contribution in [0.1, 0.15) is 18.0 Å². The summed E-state index contributed by atoms with van der Waals surface area (Å²) in [6, 6.07) is 14.9. The smallest absolute Gasteiger partial charge is 0.321 e. The Kier molecular flexibility index (Phi) is 3.41. The van der Waals surface area contributed by atoms with Crippen LogP contribution >= 0.6 is 0 Å². The minimum atomic E-state index is -0.0578. The summed E-state index contributed by atoms with van der Waals surface area (Å²) in [6.07, 6.45) is 1.05. The number of likely N-dealkylation sites (tertiary alicyclic amines) is 1. The number of benzene rings is 1. The lowest BCUT2D eigenvalue weighted by molar-refractivity contribution is 0.139. The number of amides is 2. The van der Waals surface area contributed by atoms with Crippen LogP contribution in [0.25, 0.3) is 0 Å². The number of hydrogen-bond acceptors (Lipinski definition) is 2. The van der Waals surface area contributed by atoms with Gasteiger partial charge in [-0.25, -0.2) is 4.79 Å². The van der Waals surface area contributed by atoms with Gasteiger partial charge in [-0.05, 0) is 30.5 Å². The van der Waals surface area contributed by atoms with E-state index in [4.69, 9.17) is 0 Å². The van der Waals surface area contributed by atoms with Crippen LogP contribution < -0.4 is 10.9 Å². The molecule has 2 amide bonds. The van der Waals surface area contributed by atoms with Gasteiger partial charge in [0.05, 0.1) is 0 Å². The number of carbonyl (C=O) groups is 1. The maximum atomic E-state index is 12.5. The van der Waals surface area contributed by atoms with Crippen LogP contribution in [0.5, 0.6) is 0 Å². The van der Waals surface area contributed by atoms with Crippen molar-refractivity contribution in [3.8, 4) is 0 Å². The number of anilines is 1. The number of urea groups is 1. The van der Waals surface area contributed by atoms with Crippen LogP contribution in [0, 0.1) is 5.92 Å². The van der Waals surface area contributed by atoms with Crippen molar-refractivity contribution in [2.24, 2.45) is 5.92 Å². The highest BCUT2D eigenvalue weighted by molar-refractivity contribution is 5.89. The van der Waals surface area contributed by atoms with E-state index < -0.39 is 0 Å². The SMILES string of the molecule is O=C(Nc1ccccc1)N1C[C@H]2C[C@@H](C1)c1cccc(=O)n1C2. The highest BCUT2D eigenvalue weighted by Crippen LogP contribution is 2.35. The molecule has 2 atom stereocenters. The highest BCUT2D eigenvalue weighted by atomic mass is 16.2. The summed E-state index contributed by atoms with van der Waals surface area (Å²) in [6.45, 7) is 2.08. The Morgan fingerprint density at radius 3 is 2.65 bits per heavy atom. The lowest BCUT2D eigenvalue weighted by Crippen LogP contribution is -2.50. The normalized spacial score (nSPS) is 22.3. The van der Waals surface area contributed by atoms with Gasteiger partial charge in [0, 0.05) is 43.0 Å². The van der Waals surface area contributed by atoms with Gasteiger partial charge in [0.15, 0.2) is 0 Å². The van der Waals surface area contributed by atoms with Gasteiger partial charge >= 0.3 is 6.03 Å². The summed E-state index contributed by atoms with van der Waals surface area (Å²) < 4.78 is 1.88. The first-order valence-electron chi connectivity index (χ1n) is 8.01. The summed E-state index contributed by atoms with van der Waals surface area (Å²) in [5.74, 6) is 0.598. The van der Waals surface area contributed by atoms with Crippen LogP contribution in [0.3, 0.4) is 0 Å². The standard InChI is InChI=1S/C18H19N3O2/c22-17-8-4-7-16-14-9-13(11-21(16)17)10-20(12-14)18(23)19-15-5-2-1-3-6-15/h1-8,13-14H,9-12H2,(H,19,23)/t13-,14+/m1/s1. The molecule has 2 bridgehead atoms. The molecule has 23 heavy (non-hydrogen) atoms. The molecule has 1 N–H and O–H groups in total. The van der Waals surface area contributed by atoms with E-state index >= 15 is 0 Å². The number of carbonyl (C=O) groups excluding carboxylic acids is 1. The first-order chi connectivity index (χ1) is 11.2. The Morgan fingerprint density at radius 2 is 1.83 bits per heavy atom. The zero-order chi connectivity index (χ0) is 15.8. The summed E-state index contributed by atoms with van der Waals surface area (Å²) in [5, 5.41) is 2.95. The van der Waals surface area contributed by atoms with Gasteiger partial charge in [-0.1, -0.05) is 24.3 Å². The average Bonchev–Trinajstić information content (AvgIpc) is 2.57. The molecule has 0 spiro atoms. The maximum absolute atomic E-state index is 12.5. The number of hydrogen-bond donors (Lipinski definition) is 1. The molecule has 2 aliphatic heterocycles. The molecule has 2 aliphatic rings. The van der Waals surface area contributed by atoms with Gasteiger partial charge in [-0.2, -0.15) is 0 Å². The van der Waals surface area contributed by atoms with Crippen molar-refractivity contribution in [2.45, 2.75) is 18.9 Å². The summed E-state index contributed by atoms with van der Waals surface area (Å²) in [7, 11) is 0. The number of aromatic nitrogens is 1. The number of para-hydroxylation sites is 1. The Balaban J connectivity index is 1.54. The minimum Gasteiger partial charge on any atom is -0.324 e. The first kappa shape index (κ1) is 14.1. The second-order valence-electron chi connectivity index (χ2n) is 6.40. The van der Waals surface area contributed by atoms with Crippen molar-refractivity contribution >= 4 is 11.7 Å². The Morgan fingerprint density at radius 1 is 1.00 bits per heavy atom. The Labute approximate surface area is 134 Å². The molecule has 0 unspecified atom stereocenters. The molecule has 3 heterocycles. The van der Waals surface area contributed by atoms with Crippen molar-refractivity contribution < 1.29 is 4.79 Å². The molecule has 5 heteroatoms. The van der Waals surface area contributed by atoms with Gasteiger partial charge in [-0.15, -0.1) is 0 Å². The fourth-order valence-electron chi connectivity index (χ4n) is 3.79. The van der Waals surface area contributed by atoms with Gasteiger partial charge in [-0.3, -0.25) is 4.79 Å². The lowest BCUT2D eigenvalue weighted by atomic mass is 9.83. The van der Waals surface area contributed by atoms with E-state index in [1.165, 1.54) is 0 Å². The van der Waals surface area contributed by atoms with E-state index in [1.807, 2.05) is 51.9 Å². The van der Waals surface area contributed by atoms with Crippen molar-refractivity contribution in [1.29, 1.82) is 0 Å². The predicted molar refractivity (Wildman–Crippen MR) is 88.6 cm³/mol. The minimum absolute atomic E-state index is 0.0578. The van der Waals surface area contributed by atoms with E-state index in [0.29, 0.717) is 25.6 Å². The predicted octanol–water partition coefficient (Wildman–Crippen LogP) is 2.50. The molecule has 4 rings (SSSR count). The highest BCUT2D eigenvalue weighted by Gasteiger charge is 2.36. The van der Waals surface area contributed by atoms with Crippen LogP contribution in [-0.4, -0.2) is 28.6 Å². The summed E-state index contributed by atoms with van der Waals surface area (Å²) in [4.78, 5) is 26.4. The molecular weight excluding hydrogens is 290 g/mol. The number of nitrogens with one attached hydrogen (secondary N) is 1. The van der Waals surface area contributed by atoms with Gasteiger partial charge in [0.25, 0.3) is 5.56 Å². The maximum Gasteiger partial charge on any atom is 0.321 e. The van der Waals surface area contributed by atoms with Crippen molar-refractivity contribution in [3.05, 3.63) is 64.6 Å². The molecule has 0 saturated carbocycles. The molecule has 1 fully saturated rings. The lowest BCUT2D eigenvalue weighted by Gasteiger charge is -2.42. The molecule has 5 nitrogen and oxygen atoms in total. The van der Waals surface area contributed by atoms with E-state index in [2.05, 4.69) is 5.32 Å². The van der Waals surface area contributed by atoms with Crippen LogP contribution in [0.15, 0.2) is 53.3 Å². The van der Waals surface area contributed by atoms with E-state index in [0.717, 1.165) is 17.8 Å². The summed E-state index contributed by atoms with van der Waals surface area (Å²) in [5.41, 5.74) is 1.94. The van der Waals surface area contributed by atoms with Crippen LogP contribution in [0.4, 0.5) is 10.5 Å². The first-order valence-corrected chi connectivity index (χ1v) is 8.01. The molecule has 118 valence electrons. The van der Waals surface area contributed by atoms with Crippen molar-refractivity contribution in [2.75, 3.05) is 18.4 Å². The molecule has 1 aromatic heterocycles. The van der Waals surface area contributed by atoms with Crippen LogP contribution in [-0.2, 0) is 6.54 Å². The molecule has 1 aromatic carbocycles. The third-order valence-corrected chi connectivity index (χ3v) is 4.79. The van der Waals surface area contributed by atoms with Gasteiger partial charge in [0.2, 0.25) is 0 Å². The number of nitrogens with zero attached hydrogens (tertiary/aromatic N) is 2. The molecular formula is C18H19N3O2. The fraction of sp³-hybridized carbons (Fsp3) is 0.333. The second-order valence-corrected chi connectivity index (χ2v) is 6.40. The Hall–Kier alpha value is -2.56. The zero-order valence-electron chi connectivity index (χ0n) is 12.8. The number of fused-ring (bicyclic) bond motifs is 4. The third kappa shape index (κ3) is 2.63. The van der Waals surface area contributed by atoms with E-state index in [-0.39, 0.29) is 17.5 Å². The second kappa shape index (κ2) is 5.57. The van der Waals surface area contributed by atoms with Crippen molar-refractivity contribution in [1.82, 2.24) is 9.47 Å². The molecule has 0 radical (unpaired) electrons. The van der Waals surface area contributed by atoms with E-state index in [1.54, 1.807) is 6.07 Å². The van der Waals surface area contributed by atoms with E-state index in [9.17, 15) is 9.59 Å². The van der Waals surface area contributed by atoms with Crippen LogP contribution in [0.2, 0.25) is 0 Å². The number of rotatable bonds is 1. The fourth-order valence-corrected chi connectivity index (χ4v) is 3.79. The Bertz CT molecular complexity index is 784. The largest absolute Gasteiger partial charge is 0.324 e. The molecule has 0 aliphatic carbocycles.